The van der Waals surface area contributed by atoms with Crippen LogP contribution in [0.1, 0.15) is 15.1 Å². The summed E-state index contributed by atoms with van der Waals surface area (Å²) in [5, 5.41) is -0.246. The van der Waals surface area contributed by atoms with Gasteiger partial charge in [-0.3, -0.25) is 0 Å². The summed E-state index contributed by atoms with van der Waals surface area (Å²) in [5.74, 6) is 0.290. The van der Waals surface area contributed by atoms with Gasteiger partial charge in [-0.15, -0.1) is 0 Å². The molecule has 0 bridgehead atoms. The summed E-state index contributed by atoms with van der Waals surface area (Å²) in [5.41, 5.74) is 3.78. The molecule has 49 heavy (non-hydrogen) atoms. The molecule has 0 aliphatic rings. The molecule has 0 fully saturated rings. The van der Waals surface area contributed by atoms with Gasteiger partial charge in [0.25, 0.3) is 0 Å². The van der Waals surface area contributed by atoms with Crippen molar-refractivity contribution in [3.63, 3.8) is 0 Å². The van der Waals surface area contributed by atoms with E-state index >= 15 is 0 Å². The van der Waals surface area contributed by atoms with E-state index < -0.39 is 72.0 Å². The second-order valence-corrected chi connectivity index (χ2v) is 11.2. The van der Waals surface area contributed by atoms with E-state index in [-0.39, 0.29) is 50.5 Å². The summed E-state index contributed by atoms with van der Waals surface area (Å²) < 4.78 is 102. The molecule has 9 aromatic rings. The Kier molecular flexibility index (Phi) is 4.78. The predicted octanol–water partition coefficient (Wildman–Crippen LogP) is 11.8. The van der Waals surface area contributed by atoms with E-state index in [0.29, 0.717) is 11.1 Å². The van der Waals surface area contributed by atoms with Crippen LogP contribution in [0.25, 0.3) is 89.5 Å². The molecule has 0 radical (unpaired) electrons. The number of hydrogen-bond donors (Lipinski definition) is 0. The van der Waals surface area contributed by atoms with Gasteiger partial charge in [-0.2, -0.15) is 0 Å². The summed E-state index contributed by atoms with van der Waals surface area (Å²) in [6, 6.07) is 28.2. The molecule has 4 heteroatoms. The maximum atomic E-state index is 9.50. The molecule has 0 saturated carbocycles. The zero-order valence-electron chi connectivity index (χ0n) is 36.6. The average Bonchev–Trinajstić information content (AvgIpc) is 3.68. The fourth-order valence-corrected chi connectivity index (χ4v) is 5.83. The normalized spacial score (nSPS) is 14.4. The number of furan rings is 1. The second kappa shape index (κ2) is 12.2. The Bertz CT molecular complexity index is 3170. The lowest BCUT2D eigenvalue weighted by Crippen LogP contribution is -2.00. The van der Waals surface area contributed by atoms with Crippen LogP contribution in [0.3, 0.4) is 0 Å². The number of nitrogens with zero attached hydrogens (tertiary/aromatic N) is 3. The van der Waals surface area contributed by atoms with Gasteiger partial charge in [0, 0.05) is 33.0 Å². The van der Waals surface area contributed by atoms with Crippen LogP contribution in [-0.4, -0.2) is 15.0 Å². The highest BCUT2D eigenvalue weighted by Gasteiger charge is 2.20. The number of aromatic nitrogens is 3. The van der Waals surface area contributed by atoms with Crippen molar-refractivity contribution in [3.8, 4) is 67.5 Å². The first-order valence-electron chi connectivity index (χ1n) is 21.0. The first-order valence-corrected chi connectivity index (χ1v) is 15.5. The maximum absolute atomic E-state index is 9.50. The molecule has 2 aromatic heterocycles. The van der Waals surface area contributed by atoms with E-state index in [0.717, 1.165) is 22.3 Å². The van der Waals surface area contributed by atoms with Crippen LogP contribution in [-0.2, 0) is 0 Å². The molecule has 0 aliphatic heterocycles. The zero-order valence-corrected chi connectivity index (χ0v) is 25.6. The van der Waals surface area contributed by atoms with E-state index in [9.17, 15) is 2.74 Å². The van der Waals surface area contributed by atoms with Crippen LogP contribution in [0.4, 0.5) is 0 Å². The molecule has 7 aromatic carbocycles. The van der Waals surface area contributed by atoms with Crippen molar-refractivity contribution in [2.75, 3.05) is 0 Å². The summed E-state index contributed by atoms with van der Waals surface area (Å²) in [4.78, 5) is 14.4. The van der Waals surface area contributed by atoms with Gasteiger partial charge in [-0.25, -0.2) is 15.0 Å². The predicted molar refractivity (Wildman–Crippen MR) is 200 cm³/mol. The van der Waals surface area contributed by atoms with Gasteiger partial charge < -0.3 is 4.42 Å². The minimum Gasteiger partial charge on any atom is -0.455 e. The summed E-state index contributed by atoms with van der Waals surface area (Å²) >= 11 is 0. The van der Waals surface area contributed by atoms with Gasteiger partial charge in [-0.1, -0.05) is 158 Å². The highest BCUT2D eigenvalue weighted by molar-refractivity contribution is 6.15. The molecule has 0 saturated heterocycles. The lowest BCUT2D eigenvalue weighted by molar-refractivity contribution is 0.670. The average molecular weight is 639 g/mol. The van der Waals surface area contributed by atoms with Crippen LogP contribution in [0.15, 0.2) is 180 Å². The zero-order chi connectivity index (χ0) is 42.1. The van der Waals surface area contributed by atoms with Crippen molar-refractivity contribution in [1.82, 2.24) is 15.0 Å². The number of rotatable bonds is 6. The molecule has 230 valence electrons. The van der Waals surface area contributed by atoms with Gasteiger partial charge in [0.15, 0.2) is 17.5 Å². The smallest absolute Gasteiger partial charge is 0.164 e. The maximum Gasteiger partial charge on any atom is 0.164 e. The van der Waals surface area contributed by atoms with Crippen molar-refractivity contribution < 1.29 is 19.5 Å². The highest BCUT2D eigenvalue weighted by Crippen LogP contribution is 2.41. The molecular formula is C45H29N3O. The highest BCUT2D eigenvalue weighted by atomic mass is 16.3. The number of benzene rings is 7. The Morgan fingerprint density at radius 3 is 1.49 bits per heavy atom. The molecule has 0 atom stereocenters. The first kappa shape index (κ1) is 19.2. The minimum atomic E-state index is -0.681. The third-order valence-electron chi connectivity index (χ3n) is 8.23. The van der Waals surface area contributed by atoms with Crippen molar-refractivity contribution >= 4 is 21.9 Å². The van der Waals surface area contributed by atoms with Gasteiger partial charge in [0.2, 0.25) is 0 Å². The van der Waals surface area contributed by atoms with Crippen molar-refractivity contribution in [3.05, 3.63) is 176 Å². The standard InChI is InChI=1S/C45H29N3O/c1-4-12-30(13-5-1)31-20-22-32(23-21-31)33-24-26-36(27-25-33)44-46-43(35-16-8-3-9-17-35)47-45(48-44)39-29-28-37(34-14-6-2-7-15-34)42-41(39)38-18-10-11-19-40(38)49-42/h1-29H/i2D,6D,7D,10D,11D,14D,15D,18D,19D,28D,29D. The molecule has 4 nitrogen and oxygen atoms in total. The number of hydrogen-bond acceptors (Lipinski definition) is 4. The third-order valence-corrected chi connectivity index (χ3v) is 8.23. The van der Waals surface area contributed by atoms with Gasteiger partial charge in [-0.05, 0) is 45.9 Å². The Labute approximate surface area is 299 Å². The molecule has 0 N–H and O–H groups in total. The van der Waals surface area contributed by atoms with Crippen LogP contribution >= 0.6 is 0 Å². The minimum absolute atomic E-state index is 0.0923. The number of para-hydroxylation sites is 1. The Balaban J connectivity index is 1.30. The quantitative estimate of drug-likeness (QED) is 0.182. The molecule has 0 amide bonds. The van der Waals surface area contributed by atoms with Gasteiger partial charge in [0.1, 0.15) is 11.2 Å². The second-order valence-electron chi connectivity index (χ2n) is 11.2. The largest absolute Gasteiger partial charge is 0.455 e. The Morgan fingerprint density at radius 1 is 0.388 bits per heavy atom. The lowest BCUT2D eigenvalue weighted by atomic mass is 9.98. The van der Waals surface area contributed by atoms with Crippen LogP contribution in [0.2, 0.25) is 0 Å². The molecule has 0 unspecified atom stereocenters. The topological polar surface area (TPSA) is 51.8 Å². The van der Waals surface area contributed by atoms with Crippen LogP contribution in [0, 0.1) is 0 Å². The van der Waals surface area contributed by atoms with Crippen molar-refractivity contribution in [1.29, 1.82) is 0 Å². The SMILES string of the molecule is [2H]c1c([2H])c([2H])c(-c2c([2H])c([2H])c(-c3nc(-c4ccccc4)nc(-c4ccc(-c5ccc(-c6ccccc6)cc5)cc4)n3)c3c2oc2c([2H])c([2H])c([2H])c([2H])c23)c([2H])c1[2H]. The van der Waals surface area contributed by atoms with Crippen molar-refractivity contribution in [2.24, 2.45) is 0 Å². The summed E-state index contributed by atoms with van der Waals surface area (Å²) in [7, 11) is 0. The van der Waals surface area contributed by atoms with E-state index in [1.807, 2.05) is 60.7 Å². The monoisotopic (exact) mass is 638 g/mol. The van der Waals surface area contributed by atoms with Gasteiger partial charge in [0.05, 0.1) is 15.1 Å². The fourth-order valence-electron chi connectivity index (χ4n) is 5.83. The van der Waals surface area contributed by atoms with E-state index in [1.165, 1.54) is 0 Å². The Morgan fingerprint density at radius 2 is 0.857 bits per heavy atom. The summed E-state index contributed by atoms with van der Waals surface area (Å²) in [6.45, 7) is 0. The van der Waals surface area contributed by atoms with Gasteiger partial charge >= 0.3 is 0 Å². The molecule has 2 heterocycles. The van der Waals surface area contributed by atoms with Crippen LogP contribution < -0.4 is 0 Å². The van der Waals surface area contributed by atoms with E-state index in [2.05, 4.69) is 24.3 Å². The van der Waals surface area contributed by atoms with Crippen molar-refractivity contribution in [2.45, 2.75) is 0 Å². The molecular weight excluding hydrogens is 599 g/mol. The lowest BCUT2D eigenvalue weighted by Gasteiger charge is -2.11. The number of fused-ring (bicyclic) bond motifs is 3. The first-order chi connectivity index (χ1) is 28.8. The van der Waals surface area contributed by atoms with E-state index in [4.69, 9.17) is 31.7 Å². The van der Waals surface area contributed by atoms with E-state index in [1.54, 1.807) is 24.3 Å². The Hall–Kier alpha value is -6.65. The summed E-state index contributed by atoms with van der Waals surface area (Å²) in [6.07, 6.45) is 0. The van der Waals surface area contributed by atoms with Crippen LogP contribution in [0.5, 0.6) is 0 Å². The molecule has 0 aliphatic carbocycles. The third kappa shape index (κ3) is 5.35. The molecule has 9 rings (SSSR count). The molecule has 0 spiro atoms. The fraction of sp³-hybridized carbons (Fsp3) is 0.